The third kappa shape index (κ3) is 2.58. The highest BCUT2D eigenvalue weighted by atomic mass is 15.2. The summed E-state index contributed by atoms with van der Waals surface area (Å²) in [6.45, 7) is 3.41. The number of anilines is 2. The third-order valence-corrected chi connectivity index (χ3v) is 4.34. The summed E-state index contributed by atoms with van der Waals surface area (Å²) in [7, 11) is 0. The molecule has 0 radical (unpaired) electrons. The molecule has 20 heavy (non-hydrogen) atoms. The van der Waals surface area contributed by atoms with E-state index in [1.807, 2.05) is 18.2 Å². The lowest BCUT2D eigenvalue weighted by atomic mass is 10.1. The van der Waals surface area contributed by atoms with Crippen LogP contribution in [0.1, 0.15) is 39.0 Å². The zero-order valence-electron chi connectivity index (χ0n) is 12.2. The molecule has 1 aromatic heterocycles. The Balaban J connectivity index is 1.97. The lowest BCUT2D eigenvalue weighted by molar-refractivity contribution is 0.553. The van der Waals surface area contributed by atoms with Gasteiger partial charge in [-0.25, -0.2) is 4.98 Å². The van der Waals surface area contributed by atoms with E-state index >= 15 is 0 Å². The quantitative estimate of drug-likeness (QED) is 0.839. The summed E-state index contributed by atoms with van der Waals surface area (Å²) < 4.78 is 0. The maximum Gasteiger partial charge on any atom is 0.129 e. The van der Waals surface area contributed by atoms with Crippen LogP contribution in [0.3, 0.4) is 0 Å². The predicted molar refractivity (Wildman–Crippen MR) is 86.0 cm³/mol. The number of rotatable bonds is 2. The van der Waals surface area contributed by atoms with Crippen LogP contribution in [0.4, 0.5) is 11.5 Å². The number of benzene rings is 1. The summed E-state index contributed by atoms with van der Waals surface area (Å²) in [5.41, 5.74) is 7.67. The fourth-order valence-electron chi connectivity index (χ4n) is 3.20. The van der Waals surface area contributed by atoms with E-state index in [9.17, 15) is 0 Å². The minimum atomic E-state index is 0.635. The van der Waals surface area contributed by atoms with E-state index in [0.29, 0.717) is 6.04 Å². The molecule has 0 spiro atoms. The van der Waals surface area contributed by atoms with Crippen molar-refractivity contribution in [3.8, 4) is 0 Å². The SMILES string of the molecule is CCC1CCCCCN1c1ccc2cc(N)ccc2n1. The van der Waals surface area contributed by atoms with E-state index in [1.54, 1.807) is 0 Å². The summed E-state index contributed by atoms with van der Waals surface area (Å²) in [4.78, 5) is 7.35. The van der Waals surface area contributed by atoms with Crippen molar-refractivity contribution in [2.45, 2.75) is 45.1 Å². The van der Waals surface area contributed by atoms with Gasteiger partial charge in [-0.3, -0.25) is 0 Å². The van der Waals surface area contributed by atoms with Gasteiger partial charge in [0, 0.05) is 23.7 Å². The second-order valence-electron chi connectivity index (χ2n) is 5.73. The first-order valence-electron chi connectivity index (χ1n) is 7.71. The predicted octanol–water partition coefficient (Wildman–Crippen LogP) is 3.98. The Morgan fingerprint density at radius 2 is 2.10 bits per heavy atom. The Morgan fingerprint density at radius 3 is 2.95 bits per heavy atom. The number of fused-ring (bicyclic) bond motifs is 1. The zero-order valence-corrected chi connectivity index (χ0v) is 12.2. The molecule has 1 atom stereocenters. The molecule has 1 fully saturated rings. The molecule has 0 aliphatic carbocycles. The second kappa shape index (κ2) is 5.70. The first-order chi connectivity index (χ1) is 9.78. The second-order valence-corrected chi connectivity index (χ2v) is 5.73. The minimum Gasteiger partial charge on any atom is -0.399 e. The number of aromatic nitrogens is 1. The van der Waals surface area contributed by atoms with Gasteiger partial charge in [-0.05, 0) is 49.6 Å². The van der Waals surface area contributed by atoms with Crippen LogP contribution in [0.2, 0.25) is 0 Å². The van der Waals surface area contributed by atoms with Gasteiger partial charge < -0.3 is 10.6 Å². The molecule has 0 saturated carbocycles. The summed E-state index contributed by atoms with van der Waals surface area (Å²) >= 11 is 0. The van der Waals surface area contributed by atoms with Gasteiger partial charge in [0.05, 0.1) is 5.52 Å². The van der Waals surface area contributed by atoms with Crippen LogP contribution in [0.15, 0.2) is 30.3 Å². The normalized spacial score (nSPS) is 20.1. The Bertz CT molecular complexity index is 594. The summed E-state index contributed by atoms with van der Waals surface area (Å²) in [5.74, 6) is 1.12. The molecule has 106 valence electrons. The van der Waals surface area contributed by atoms with Crippen LogP contribution in [0, 0.1) is 0 Å². The average Bonchev–Trinajstić information content (AvgIpc) is 2.71. The summed E-state index contributed by atoms with van der Waals surface area (Å²) in [5, 5.41) is 1.12. The highest BCUT2D eigenvalue weighted by Crippen LogP contribution is 2.26. The van der Waals surface area contributed by atoms with Crippen LogP contribution in [0.25, 0.3) is 10.9 Å². The molecule has 2 heterocycles. The molecule has 2 aromatic rings. The van der Waals surface area contributed by atoms with Gasteiger partial charge in [-0.2, -0.15) is 0 Å². The first-order valence-corrected chi connectivity index (χ1v) is 7.71. The van der Waals surface area contributed by atoms with Gasteiger partial charge in [-0.1, -0.05) is 19.8 Å². The van der Waals surface area contributed by atoms with E-state index in [0.717, 1.165) is 29.0 Å². The van der Waals surface area contributed by atoms with E-state index in [-0.39, 0.29) is 0 Å². The average molecular weight is 269 g/mol. The molecule has 0 amide bonds. The van der Waals surface area contributed by atoms with Crippen LogP contribution < -0.4 is 10.6 Å². The molecular weight excluding hydrogens is 246 g/mol. The molecule has 1 aromatic carbocycles. The largest absolute Gasteiger partial charge is 0.399 e. The van der Waals surface area contributed by atoms with Gasteiger partial charge in [-0.15, -0.1) is 0 Å². The van der Waals surface area contributed by atoms with E-state index in [4.69, 9.17) is 10.7 Å². The molecule has 1 aliphatic heterocycles. The number of nitrogens with zero attached hydrogens (tertiary/aromatic N) is 2. The number of nitrogens with two attached hydrogens (primary N) is 1. The summed E-state index contributed by atoms with van der Waals surface area (Å²) in [6.07, 6.45) is 6.45. The van der Waals surface area contributed by atoms with Gasteiger partial charge in [0.1, 0.15) is 5.82 Å². The molecule has 1 saturated heterocycles. The standard InChI is InChI=1S/C17H23N3/c1-2-15-6-4-3-5-11-20(15)17-10-7-13-12-14(18)8-9-16(13)19-17/h7-10,12,15H,2-6,11,18H2,1H3. The fraction of sp³-hybridized carbons (Fsp3) is 0.471. The molecule has 3 rings (SSSR count). The molecule has 3 heteroatoms. The van der Waals surface area contributed by atoms with Crippen molar-refractivity contribution in [1.82, 2.24) is 4.98 Å². The molecule has 1 aliphatic rings. The maximum absolute atomic E-state index is 5.83. The Labute approximate surface area is 120 Å². The lowest BCUT2D eigenvalue weighted by Crippen LogP contribution is -2.34. The Hall–Kier alpha value is -1.77. The lowest BCUT2D eigenvalue weighted by Gasteiger charge is -2.30. The number of hydrogen-bond acceptors (Lipinski definition) is 3. The van der Waals surface area contributed by atoms with Crippen molar-refractivity contribution in [3.63, 3.8) is 0 Å². The first kappa shape index (κ1) is 13.2. The highest BCUT2D eigenvalue weighted by molar-refractivity contribution is 5.83. The number of pyridine rings is 1. The van der Waals surface area contributed by atoms with Gasteiger partial charge in [0.15, 0.2) is 0 Å². The Kier molecular flexibility index (Phi) is 3.77. The Morgan fingerprint density at radius 1 is 1.20 bits per heavy atom. The fourth-order valence-corrected chi connectivity index (χ4v) is 3.20. The molecule has 2 N–H and O–H groups in total. The third-order valence-electron chi connectivity index (χ3n) is 4.34. The van der Waals surface area contributed by atoms with Gasteiger partial charge in [0.2, 0.25) is 0 Å². The number of nitrogen functional groups attached to an aromatic ring is 1. The monoisotopic (exact) mass is 269 g/mol. The molecular formula is C17H23N3. The van der Waals surface area contributed by atoms with Crippen molar-refractivity contribution in [2.75, 3.05) is 17.2 Å². The van der Waals surface area contributed by atoms with Crippen molar-refractivity contribution < 1.29 is 0 Å². The van der Waals surface area contributed by atoms with Crippen molar-refractivity contribution >= 4 is 22.4 Å². The topological polar surface area (TPSA) is 42.1 Å². The smallest absolute Gasteiger partial charge is 0.129 e. The molecule has 1 unspecified atom stereocenters. The van der Waals surface area contributed by atoms with Crippen LogP contribution in [-0.4, -0.2) is 17.6 Å². The van der Waals surface area contributed by atoms with Gasteiger partial charge >= 0.3 is 0 Å². The van der Waals surface area contributed by atoms with Crippen molar-refractivity contribution in [2.24, 2.45) is 0 Å². The van der Waals surface area contributed by atoms with Crippen LogP contribution in [-0.2, 0) is 0 Å². The maximum atomic E-state index is 5.83. The molecule has 3 nitrogen and oxygen atoms in total. The zero-order chi connectivity index (χ0) is 13.9. The summed E-state index contributed by atoms with van der Waals surface area (Å²) in [6, 6.07) is 10.9. The number of hydrogen-bond donors (Lipinski definition) is 1. The van der Waals surface area contributed by atoms with Gasteiger partial charge in [0.25, 0.3) is 0 Å². The van der Waals surface area contributed by atoms with Crippen molar-refractivity contribution in [1.29, 1.82) is 0 Å². The van der Waals surface area contributed by atoms with Crippen molar-refractivity contribution in [3.05, 3.63) is 30.3 Å². The van der Waals surface area contributed by atoms with Crippen LogP contribution >= 0.6 is 0 Å². The van der Waals surface area contributed by atoms with E-state index in [2.05, 4.69) is 24.0 Å². The highest BCUT2D eigenvalue weighted by Gasteiger charge is 2.20. The minimum absolute atomic E-state index is 0.635. The van der Waals surface area contributed by atoms with Crippen LogP contribution in [0.5, 0.6) is 0 Å². The van der Waals surface area contributed by atoms with E-state index < -0.39 is 0 Å². The molecule has 0 bridgehead atoms. The van der Waals surface area contributed by atoms with E-state index in [1.165, 1.54) is 32.1 Å².